The summed E-state index contributed by atoms with van der Waals surface area (Å²) in [7, 11) is 1.76. The van der Waals surface area contributed by atoms with Gasteiger partial charge in [-0.05, 0) is 11.7 Å². The lowest BCUT2D eigenvalue weighted by atomic mass is 9.97. The van der Waals surface area contributed by atoms with Crippen molar-refractivity contribution in [3.05, 3.63) is 22.6 Å². The van der Waals surface area contributed by atoms with Crippen LogP contribution in [0, 0.1) is 0 Å². The Labute approximate surface area is 85.6 Å². The van der Waals surface area contributed by atoms with Gasteiger partial charge in [0, 0.05) is 11.6 Å². The lowest BCUT2D eigenvalue weighted by molar-refractivity contribution is 0.989. The number of aromatic nitrogens is 3. The van der Waals surface area contributed by atoms with E-state index < -0.39 is 0 Å². The van der Waals surface area contributed by atoms with Crippen LogP contribution in [0.15, 0.2) is 22.2 Å². The predicted octanol–water partition coefficient (Wildman–Crippen LogP) is -0.702. The van der Waals surface area contributed by atoms with E-state index in [2.05, 4.69) is 15.0 Å². The molecule has 0 radical (unpaired) electrons. The van der Waals surface area contributed by atoms with Crippen LogP contribution in [0.3, 0.4) is 0 Å². The molecule has 0 atom stereocenters. The molecule has 0 spiro atoms. The average Bonchev–Trinajstić information content (AvgIpc) is 2.19. The number of thioether (sulfide) groups is 1. The first-order valence-electron chi connectivity index (χ1n) is 4.11. The maximum atomic E-state index is 11.3. The first-order chi connectivity index (χ1) is 6.70. The summed E-state index contributed by atoms with van der Waals surface area (Å²) in [5, 5.41) is 1.52. The van der Waals surface area contributed by atoms with Gasteiger partial charge < -0.3 is 4.98 Å². The lowest BCUT2D eigenvalue weighted by Crippen LogP contribution is -2.27. The standard InChI is InChI=1S/C8H8BN3OS/c1-14-8-10-3-4-2-5(9)7(13)11-6(4)12-8/h2-3H,9H2,1H3,(H,10,11,12,13). The van der Waals surface area contributed by atoms with Crippen molar-refractivity contribution in [1.29, 1.82) is 0 Å². The van der Waals surface area contributed by atoms with E-state index in [0.717, 1.165) is 5.39 Å². The van der Waals surface area contributed by atoms with Crippen molar-refractivity contribution in [3.63, 3.8) is 0 Å². The number of hydrogen-bond donors (Lipinski definition) is 1. The highest BCUT2D eigenvalue weighted by Crippen LogP contribution is 2.10. The van der Waals surface area contributed by atoms with Crippen LogP contribution in [0.1, 0.15) is 0 Å². The van der Waals surface area contributed by atoms with Gasteiger partial charge in [-0.3, -0.25) is 4.79 Å². The van der Waals surface area contributed by atoms with Gasteiger partial charge in [-0.15, -0.1) is 0 Å². The highest BCUT2D eigenvalue weighted by Gasteiger charge is 2.01. The highest BCUT2D eigenvalue weighted by molar-refractivity contribution is 7.98. The van der Waals surface area contributed by atoms with Crippen LogP contribution in [0.5, 0.6) is 0 Å². The molecule has 0 saturated heterocycles. The molecular formula is C8H8BN3OS. The monoisotopic (exact) mass is 205 g/mol. The quantitative estimate of drug-likeness (QED) is 0.380. The SMILES string of the molecule is Bc1cc2cnc(SC)nc2[nH]c1=O. The summed E-state index contributed by atoms with van der Waals surface area (Å²) >= 11 is 1.45. The first-order valence-corrected chi connectivity index (χ1v) is 5.34. The van der Waals surface area contributed by atoms with Crippen molar-refractivity contribution in [2.24, 2.45) is 0 Å². The number of rotatable bonds is 1. The number of hydrogen-bond acceptors (Lipinski definition) is 4. The summed E-state index contributed by atoms with van der Waals surface area (Å²) in [6.07, 6.45) is 3.62. The molecule has 2 aromatic rings. The van der Waals surface area contributed by atoms with Gasteiger partial charge >= 0.3 is 0 Å². The van der Waals surface area contributed by atoms with Crippen molar-refractivity contribution in [1.82, 2.24) is 15.0 Å². The minimum atomic E-state index is -0.0942. The normalized spacial score (nSPS) is 10.6. The van der Waals surface area contributed by atoms with Gasteiger partial charge in [-0.2, -0.15) is 0 Å². The molecule has 0 unspecified atom stereocenters. The van der Waals surface area contributed by atoms with Crippen molar-refractivity contribution in [2.45, 2.75) is 5.16 Å². The zero-order valence-electron chi connectivity index (χ0n) is 7.87. The third kappa shape index (κ3) is 1.53. The van der Waals surface area contributed by atoms with Crippen LogP contribution in [0.25, 0.3) is 11.0 Å². The van der Waals surface area contributed by atoms with E-state index in [0.29, 0.717) is 16.3 Å². The highest BCUT2D eigenvalue weighted by atomic mass is 32.2. The first kappa shape index (κ1) is 9.27. The van der Waals surface area contributed by atoms with Crippen molar-refractivity contribution >= 4 is 36.1 Å². The summed E-state index contributed by atoms with van der Waals surface area (Å²) < 4.78 is 0. The summed E-state index contributed by atoms with van der Waals surface area (Å²) in [4.78, 5) is 22.3. The molecule has 0 aliphatic heterocycles. The van der Waals surface area contributed by atoms with Crippen LogP contribution < -0.4 is 11.0 Å². The Hall–Kier alpha value is -1.30. The van der Waals surface area contributed by atoms with E-state index in [4.69, 9.17) is 0 Å². The van der Waals surface area contributed by atoms with Crippen LogP contribution in [0.2, 0.25) is 0 Å². The molecule has 1 N–H and O–H groups in total. The second kappa shape index (κ2) is 3.45. The summed E-state index contributed by atoms with van der Waals surface area (Å²) in [6, 6.07) is 1.79. The van der Waals surface area contributed by atoms with Crippen LogP contribution in [-0.2, 0) is 0 Å². The maximum absolute atomic E-state index is 11.3. The van der Waals surface area contributed by atoms with Crippen molar-refractivity contribution in [3.8, 4) is 0 Å². The number of nitrogens with one attached hydrogen (secondary N) is 1. The fraction of sp³-hybridized carbons (Fsp3) is 0.125. The van der Waals surface area contributed by atoms with Gasteiger partial charge in [0.05, 0.1) is 0 Å². The van der Waals surface area contributed by atoms with E-state index >= 15 is 0 Å². The second-order valence-electron chi connectivity index (χ2n) is 2.94. The number of H-pyrrole nitrogens is 1. The predicted molar refractivity (Wildman–Crippen MR) is 60.1 cm³/mol. The summed E-state index contributed by atoms with van der Waals surface area (Å²) in [5.74, 6) is 0. The molecule has 2 aromatic heterocycles. The van der Waals surface area contributed by atoms with Gasteiger partial charge in [0.15, 0.2) is 5.16 Å². The van der Waals surface area contributed by atoms with Gasteiger partial charge in [0.1, 0.15) is 13.5 Å². The van der Waals surface area contributed by atoms with Crippen LogP contribution in [-0.4, -0.2) is 29.1 Å². The Morgan fingerprint density at radius 2 is 2.36 bits per heavy atom. The minimum Gasteiger partial charge on any atom is -0.307 e. The van der Waals surface area contributed by atoms with Gasteiger partial charge in [0.25, 0.3) is 0 Å². The topological polar surface area (TPSA) is 58.6 Å². The molecule has 6 heteroatoms. The lowest BCUT2D eigenvalue weighted by Gasteiger charge is -1.99. The maximum Gasteiger partial charge on any atom is 0.243 e. The zero-order chi connectivity index (χ0) is 10.1. The Morgan fingerprint density at radius 3 is 3.07 bits per heavy atom. The molecule has 0 bridgehead atoms. The second-order valence-corrected chi connectivity index (χ2v) is 3.72. The van der Waals surface area contributed by atoms with Gasteiger partial charge in [-0.25, -0.2) is 9.97 Å². The molecule has 2 rings (SSSR count). The Kier molecular flexibility index (Phi) is 2.29. The van der Waals surface area contributed by atoms with E-state index in [-0.39, 0.29) is 5.56 Å². The third-order valence-corrected chi connectivity index (χ3v) is 2.50. The third-order valence-electron chi connectivity index (χ3n) is 1.94. The van der Waals surface area contributed by atoms with Crippen molar-refractivity contribution < 1.29 is 0 Å². The molecule has 2 heterocycles. The molecule has 0 aromatic carbocycles. The Morgan fingerprint density at radius 1 is 1.57 bits per heavy atom. The minimum absolute atomic E-state index is 0.0942. The number of fused-ring (bicyclic) bond motifs is 1. The molecule has 70 valence electrons. The molecule has 14 heavy (non-hydrogen) atoms. The van der Waals surface area contributed by atoms with E-state index in [9.17, 15) is 4.79 Å². The smallest absolute Gasteiger partial charge is 0.243 e. The summed E-state index contributed by atoms with van der Waals surface area (Å²) in [6.45, 7) is 0. The van der Waals surface area contributed by atoms with E-state index in [1.54, 1.807) is 20.1 Å². The van der Waals surface area contributed by atoms with Crippen molar-refractivity contribution in [2.75, 3.05) is 6.26 Å². The summed E-state index contributed by atoms with van der Waals surface area (Å²) in [5.41, 5.74) is 1.18. The van der Waals surface area contributed by atoms with Gasteiger partial charge in [0.2, 0.25) is 5.56 Å². The molecule has 4 nitrogen and oxygen atoms in total. The average molecular weight is 205 g/mol. The van der Waals surface area contributed by atoms with Crippen LogP contribution >= 0.6 is 11.8 Å². The molecule has 0 aliphatic rings. The molecule has 0 amide bonds. The fourth-order valence-corrected chi connectivity index (χ4v) is 1.52. The molecular weight excluding hydrogens is 197 g/mol. The molecule has 0 saturated carbocycles. The zero-order valence-corrected chi connectivity index (χ0v) is 8.68. The van der Waals surface area contributed by atoms with E-state index in [1.807, 2.05) is 6.26 Å². The largest absolute Gasteiger partial charge is 0.307 e. The Bertz CT molecular complexity index is 540. The molecule has 0 aliphatic carbocycles. The number of aromatic amines is 1. The fourth-order valence-electron chi connectivity index (χ4n) is 1.18. The van der Waals surface area contributed by atoms with Crippen LogP contribution in [0.4, 0.5) is 0 Å². The van der Waals surface area contributed by atoms with Gasteiger partial charge in [-0.1, -0.05) is 17.8 Å². The number of nitrogens with zero attached hydrogens (tertiary/aromatic N) is 2. The van der Waals surface area contributed by atoms with E-state index in [1.165, 1.54) is 11.8 Å². The number of pyridine rings is 1. The molecule has 0 fully saturated rings. The Balaban J connectivity index is 2.77.